The van der Waals surface area contributed by atoms with E-state index in [1.807, 2.05) is 11.7 Å². The van der Waals surface area contributed by atoms with Gasteiger partial charge in [0.1, 0.15) is 0 Å². The summed E-state index contributed by atoms with van der Waals surface area (Å²) in [6, 6.07) is 0. The predicted octanol–water partition coefficient (Wildman–Crippen LogP) is 2.12. The van der Waals surface area contributed by atoms with E-state index in [4.69, 9.17) is 0 Å². The van der Waals surface area contributed by atoms with Crippen LogP contribution < -0.4 is 0 Å². The monoisotopic (exact) mass is 238 g/mol. The van der Waals surface area contributed by atoms with Crippen LogP contribution in [-0.2, 0) is 12.8 Å². The van der Waals surface area contributed by atoms with E-state index in [9.17, 15) is 5.11 Å². The number of hydrogen-bond acceptors (Lipinski definition) is 5. The average molecular weight is 238 g/mol. The Morgan fingerprint density at radius 2 is 2.40 bits per heavy atom. The summed E-state index contributed by atoms with van der Waals surface area (Å²) >= 11 is 3.15. The summed E-state index contributed by atoms with van der Waals surface area (Å²) in [7, 11) is 0. The maximum Gasteiger partial charge on any atom is 0.0991 e. The molecule has 0 aliphatic heterocycles. The van der Waals surface area contributed by atoms with Gasteiger partial charge in [-0.1, -0.05) is 0 Å². The predicted molar refractivity (Wildman–Crippen MR) is 61.3 cm³/mol. The van der Waals surface area contributed by atoms with Crippen LogP contribution in [0.3, 0.4) is 0 Å². The molecule has 0 saturated carbocycles. The van der Waals surface area contributed by atoms with Crippen molar-refractivity contribution in [3.05, 3.63) is 22.1 Å². The first-order chi connectivity index (χ1) is 7.34. The van der Waals surface area contributed by atoms with Gasteiger partial charge in [0.25, 0.3) is 0 Å². The summed E-state index contributed by atoms with van der Waals surface area (Å²) in [6.45, 7) is 0. The van der Waals surface area contributed by atoms with Crippen LogP contribution in [-0.4, -0.2) is 20.6 Å². The molecule has 1 atom stereocenters. The van der Waals surface area contributed by atoms with E-state index < -0.39 is 0 Å². The van der Waals surface area contributed by atoms with E-state index >= 15 is 0 Å². The summed E-state index contributed by atoms with van der Waals surface area (Å²) in [6.07, 6.45) is 4.26. The van der Waals surface area contributed by atoms with Crippen molar-refractivity contribution in [2.45, 2.75) is 25.4 Å². The summed E-state index contributed by atoms with van der Waals surface area (Å²) < 4.78 is 4.48. The summed E-state index contributed by atoms with van der Waals surface area (Å²) in [4.78, 5) is 6.47. The average Bonchev–Trinajstić information content (AvgIpc) is 2.82. The van der Waals surface area contributed by atoms with Crippen LogP contribution in [0, 0.1) is 0 Å². The normalized spacial score (nSPS) is 20.2. The second kappa shape index (κ2) is 3.66. The van der Waals surface area contributed by atoms with E-state index in [1.165, 1.54) is 22.0 Å². The summed E-state index contributed by atoms with van der Waals surface area (Å²) in [5, 5.41) is 9.56. The Morgan fingerprint density at radius 1 is 1.47 bits per heavy atom. The van der Waals surface area contributed by atoms with Crippen molar-refractivity contribution in [1.82, 2.24) is 9.36 Å². The van der Waals surface area contributed by atoms with Crippen molar-refractivity contribution < 1.29 is 5.11 Å². The molecule has 2 heterocycles. The molecule has 5 heteroatoms. The number of hydrogen-bond donors (Lipinski definition) is 1. The number of thiazole rings is 1. The van der Waals surface area contributed by atoms with E-state index in [0.29, 0.717) is 0 Å². The standard InChI is InChI=1S/C10H10N2OS2/c13-6-1-2-7-8(3-6)15-12-10(7)9-4-11-5-14-9/h4-6,13H,1-3H2. The van der Waals surface area contributed by atoms with E-state index in [2.05, 4.69) is 9.36 Å². The lowest BCUT2D eigenvalue weighted by Crippen LogP contribution is -2.16. The zero-order chi connectivity index (χ0) is 10.3. The first-order valence-electron chi connectivity index (χ1n) is 4.89. The zero-order valence-electron chi connectivity index (χ0n) is 8.01. The molecule has 3 rings (SSSR count). The lowest BCUT2D eigenvalue weighted by atomic mass is 9.95. The third-order valence-corrected chi connectivity index (χ3v) is 4.37. The maximum atomic E-state index is 9.56. The van der Waals surface area contributed by atoms with Gasteiger partial charge in [0.05, 0.1) is 22.2 Å². The zero-order valence-corrected chi connectivity index (χ0v) is 9.64. The Kier molecular flexibility index (Phi) is 2.31. The Balaban J connectivity index is 2.05. The Labute approximate surface area is 95.6 Å². The van der Waals surface area contributed by atoms with Crippen LogP contribution in [0.2, 0.25) is 0 Å². The quantitative estimate of drug-likeness (QED) is 0.827. The molecule has 3 nitrogen and oxygen atoms in total. The smallest absolute Gasteiger partial charge is 0.0991 e. The molecule has 2 aromatic heterocycles. The largest absolute Gasteiger partial charge is 0.393 e. The molecule has 1 aliphatic rings. The Morgan fingerprint density at radius 3 is 3.20 bits per heavy atom. The highest BCUT2D eigenvalue weighted by Gasteiger charge is 2.23. The minimum absolute atomic E-state index is 0.174. The maximum absolute atomic E-state index is 9.56. The minimum atomic E-state index is -0.174. The lowest BCUT2D eigenvalue weighted by molar-refractivity contribution is 0.160. The number of aliphatic hydroxyl groups is 1. The molecule has 0 spiro atoms. The van der Waals surface area contributed by atoms with Gasteiger partial charge in [-0.2, -0.15) is 4.37 Å². The van der Waals surface area contributed by atoms with E-state index in [-0.39, 0.29) is 6.10 Å². The first kappa shape index (κ1) is 9.45. The molecule has 1 N–H and O–H groups in total. The minimum Gasteiger partial charge on any atom is -0.393 e. The molecule has 2 aromatic rings. The molecular formula is C10H10N2OS2. The highest BCUT2D eigenvalue weighted by Crippen LogP contribution is 2.35. The fourth-order valence-corrected chi connectivity index (χ4v) is 3.60. The van der Waals surface area contributed by atoms with Crippen molar-refractivity contribution in [2.75, 3.05) is 0 Å². The first-order valence-corrected chi connectivity index (χ1v) is 6.54. The Bertz CT molecular complexity index is 464. The van der Waals surface area contributed by atoms with Gasteiger partial charge < -0.3 is 5.11 Å². The number of fused-ring (bicyclic) bond motifs is 1. The van der Waals surface area contributed by atoms with Crippen molar-refractivity contribution in [2.24, 2.45) is 0 Å². The number of aliphatic hydroxyl groups excluding tert-OH is 1. The second-order valence-electron chi connectivity index (χ2n) is 3.70. The van der Waals surface area contributed by atoms with Crippen molar-refractivity contribution in [3.8, 4) is 10.6 Å². The fourth-order valence-electron chi connectivity index (χ4n) is 1.91. The number of nitrogens with zero attached hydrogens (tertiary/aromatic N) is 2. The van der Waals surface area contributed by atoms with Crippen LogP contribution in [0.5, 0.6) is 0 Å². The second-order valence-corrected chi connectivity index (χ2v) is 5.44. The molecule has 78 valence electrons. The van der Waals surface area contributed by atoms with Gasteiger partial charge in [0, 0.05) is 17.5 Å². The molecule has 0 radical (unpaired) electrons. The van der Waals surface area contributed by atoms with Gasteiger partial charge in [-0.3, -0.25) is 4.98 Å². The number of aromatic nitrogens is 2. The molecule has 0 aromatic carbocycles. The van der Waals surface area contributed by atoms with Gasteiger partial charge in [-0.05, 0) is 29.9 Å². The van der Waals surface area contributed by atoms with Crippen LogP contribution in [0.4, 0.5) is 0 Å². The summed E-state index contributed by atoms with van der Waals surface area (Å²) in [5.41, 5.74) is 4.25. The van der Waals surface area contributed by atoms with E-state index in [0.717, 1.165) is 29.8 Å². The lowest BCUT2D eigenvalue weighted by Gasteiger charge is -2.16. The van der Waals surface area contributed by atoms with Crippen LogP contribution in [0.1, 0.15) is 16.9 Å². The van der Waals surface area contributed by atoms with Crippen LogP contribution in [0.25, 0.3) is 10.6 Å². The highest BCUT2D eigenvalue weighted by atomic mass is 32.1. The van der Waals surface area contributed by atoms with Crippen molar-refractivity contribution in [1.29, 1.82) is 0 Å². The molecule has 0 bridgehead atoms. The van der Waals surface area contributed by atoms with Crippen LogP contribution in [0.15, 0.2) is 11.7 Å². The summed E-state index contributed by atoms with van der Waals surface area (Å²) in [5.74, 6) is 0. The fraction of sp³-hybridized carbons (Fsp3) is 0.400. The molecular weight excluding hydrogens is 228 g/mol. The third-order valence-electron chi connectivity index (χ3n) is 2.68. The van der Waals surface area contributed by atoms with Gasteiger partial charge >= 0.3 is 0 Å². The van der Waals surface area contributed by atoms with Crippen LogP contribution >= 0.6 is 22.9 Å². The molecule has 0 saturated heterocycles. The topological polar surface area (TPSA) is 46.0 Å². The van der Waals surface area contributed by atoms with Gasteiger partial charge in [0.2, 0.25) is 0 Å². The third kappa shape index (κ3) is 1.60. The van der Waals surface area contributed by atoms with E-state index in [1.54, 1.807) is 11.3 Å². The van der Waals surface area contributed by atoms with Gasteiger partial charge in [0.15, 0.2) is 0 Å². The van der Waals surface area contributed by atoms with Crippen molar-refractivity contribution >= 4 is 22.9 Å². The highest BCUT2D eigenvalue weighted by molar-refractivity contribution is 7.13. The van der Waals surface area contributed by atoms with Crippen molar-refractivity contribution in [3.63, 3.8) is 0 Å². The molecule has 0 fully saturated rings. The van der Waals surface area contributed by atoms with Gasteiger partial charge in [-0.15, -0.1) is 11.3 Å². The molecule has 15 heavy (non-hydrogen) atoms. The van der Waals surface area contributed by atoms with Gasteiger partial charge in [-0.25, -0.2) is 0 Å². The molecule has 0 amide bonds. The SMILES string of the molecule is OC1CCc2c(-c3cncs3)nsc2C1. The number of rotatable bonds is 1. The Hall–Kier alpha value is -0.780. The molecule has 1 aliphatic carbocycles. The molecule has 1 unspecified atom stereocenters.